The van der Waals surface area contributed by atoms with E-state index in [0.29, 0.717) is 36.3 Å². The van der Waals surface area contributed by atoms with Gasteiger partial charge in [0.05, 0.1) is 17.1 Å². The Balaban J connectivity index is 1.73. The normalized spacial score (nSPS) is 17.9. The Morgan fingerprint density at radius 1 is 1.38 bits per heavy atom. The van der Waals surface area contributed by atoms with Gasteiger partial charge >= 0.3 is 12.1 Å². The van der Waals surface area contributed by atoms with Crippen molar-refractivity contribution < 1.29 is 23.8 Å². The first-order chi connectivity index (χ1) is 13.6. The number of carbonyl (C=O) groups excluding carboxylic acids is 1. The fourth-order valence-electron chi connectivity index (χ4n) is 3.59. The van der Waals surface area contributed by atoms with E-state index >= 15 is 0 Å². The molecule has 8 heteroatoms. The van der Waals surface area contributed by atoms with Crippen molar-refractivity contribution in [2.24, 2.45) is 11.8 Å². The number of nitrogens with zero attached hydrogens (tertiary/aromatic N) is 2. The third-order valence-electron chi connectivity index (χ3n) is 4.90. The van der Waals surface area contributed by atoms with Crippen molar-refractivity contribution in [1.29, 1.82) is 0 Å². The Bertz CT molecular complexity index is 879. The number of likely N-dealkylation sites (tertiary alicyclic amines) is 1. The van der Waals surface area contributed by atoms with Crippen LogP contribution in [0.2, 0.25) is 0 Å². The number of halogens is 1. The number of hydrogen-bond donors (Lipinski definition) is 1. The predicted molar refractivity (Wildman–Crippen MR) is 108 cm³/mol. The zero-order chi connectivity index (χ0) is 21.2. The van der Waals surface area contributed by atoms with E-state index < -0.39 is 29.4 Å². The Labute approximate surface area is 173 Å². The largest absolute Gasteiger partial charge is 0.481 e. The van der Waals surface area contributed by atoms with E-state index in [9.17, 15) is 19.1 Å². The summed E-state index contributed by atoms with van der Waals surface area (Å²) in [5, 5.41) is 11.6. The highest BCUT2D eigenvalue weighted by Gasteiger charge is 2.37. The van der Waals surface area contributed by atoms with Crippen LogP contribution in [0.25, 0.3) is 11.3 Å². The fourth-order valence-corrected chi connectivity index (χ4v) is 4.15. The summed E-state index contributed by atoms with van der Waals surface area (Å²) in [6.45, 7) is 6.16. The zero-order valence-electron chi connectivity index (χ0n) is 16.7. The zero-order valence-corrected chi connectivity index (χ0v) is 17.5. The van der Waals surface area contributed by atoms with Crippen LogP contribution in [-0.4, -0.2) is 45.7 Å². The van der Waals surface area contributed by atoms with Gasteiger partial charge in [-0.25, -0.2) is 14.2 Å². The third kappa shape index (κ3) is 5.53. The van der Waals surface area contributed by atoms with Crippen molar-refractivity contribution in [3.05, 3.63) is 40.5 Å². The molecule has 156 valence electrons. The molecule has 3 rings (SSSR count). The van der Waals surface area contributed by atoms with Crippen molar-refractivity contribution in [2.45, 2.75) is 39.2 Å². The van der Waals surface area contributed by atoms with Gasteiger partial charge in [0, 0.05) is 24.0 Å². The number of ether oxygens (including phenoxy) is 1. The lowest BCUT2D eigenvalue weighted by Gasteiger charge is -2.25. The fraction of sp³-hybridized carbons (Fsp3) is 0.476. The molecule has 2 atom stereocenters. The summed E-state index contributed by atoms with van der Waals surface area (Å²) in [5.74, 6) is -2.30. The Morgan fingerprint density at radius 2 is 2.14 bits per heavy atom. The minimum Gasteiger partial charge on any atom is -0.481 e. The van der Waals surface area contributed by atoms with Gasteiger partial charge < -0.3 is 14.7 Å². The molecule has 0 bridgehead atoms. The molecule has 29 heavy (non-hydrogen) atoms. The summed E-state index contributed by atoms with van der Waals surface area (Å²) < 4.78 is 19.5. The molecule has 2 aromatic rings. The van der Waals surface area contributed by atoms with Gasteiger partial charge in [0.15, 0.2) is 0 Å². The van der Waals surface area contributed by atoms with Crippen molar-refractivity contribution in [3.63, 3.8) is 0 Å². The molecule has 1 N–H and O–H groups in total. The number of aromatic nitrogens is 1. The number of benzene rings is 1. The van der Waals surface area contributed by atoms with E-state index in [0.717, 1.165) is 0 Å². The molecule has 0 unspecified atom stereocenters. The number of carbonyl (C=O) groups is 2. The average Bonchev–Trinajstić information content (AvgIpc) is 3.29. The molecule has 0 radical (unpaired) electrons. The van der Waals surface area contributed by atoms with Gasteiger partial charge in [-0.2, -0.15) is 0 Å². The first-order valence-corrected chi connectivity index (χ1v) is 10.5. The number of amides is 1. The van der Waals surface area contributed by atoms with Crippen LogP contribution < -0.4 is 0 Å². The second-order valence-electron chi connectivity index (χ2n) is 8.35. The highest BCUT2D eigenvalue weighted by molar-refractivity contribution is 7.07. The van der Waals surface area contributed by atoms with E-state index in [1.54, 1.807) is 37.2 Å². The van der Waals surface area contributed by atoms with Crippen LogP contribution in [0.15, 0.2) is 29.1 Å². The maximum atomic E-state index is 14.1. The summed E-state index contributed by atoms with van der Waals surface area (Å²) in [4.78, 5) is 30.0. The topological polar surface area (TPSA) is 79.7 Å². The summed E-state index contributed by atoms with van der Waals surface area (Å²) in [5.41, 5.74) is 2.97. The Morgan fingerprint density at radius 3 is 2.76 bits per heavy atom. The molecule has 1 saturated heterocycles. The first kappa shape index (κ1) is 21.2. The van der Waals surface area contributed by atoms with Crippen LogP contribution in [0.1, 0.15) is 32.8 Å². The SMILES string of the molecule is CC(C)(C)OC(=O)N1CC[C@H]([C@H](Cc2cc(F)cc(-c3cscn3)c2)C(=O)O)C1. The van der Waals surface area contributed by atoms with Gasteiger partial charge in [0.2, 0.25) is 0 Å². The summed E-state index contributed by atoms with van der Waals surface area (Å²) in [6, 6.07) is 4.55. The molecule has 1 aliphatic heterocycles. The molecular formula is C21H25FN2O4S. The Hall–Kier alpha value is -2.48. The lowest BCUT2D eigenvalue weighted by molar-refractivity contribution is -0.143. The Kier molecular flexibility index (Phi) is 6.21. The minimum absolute atomic E-state index is 0.192. The van der Waals surface area contributed by atoms with E-state index in [1.165, 1.54) is 23.5 Å². The molecule has 0 spiro atoms. The van der Waals surface area contributed by atoms with Gasteiger partial charge in [-0.15, -0.1) is 11.3 Å². The monoisotopic (exact) mass is 420 g/mol. The molecule has 6 nitrogen and oxygen atoms in total. The van der Waals surface area contributed by atoms with Crippen LogP contribution in [0, 0.1) is 17.7 Å². The van der Waals surface area contributed by atoms with Gasteiger partial charge in [-0.05, 0) is 63.3 Å². The molecule has 1 fully saturated rings. The highest BCUT2D eigenvalue weighted by atomic mass is 32.1. The maximum absolute atomic E-state index is 14.1. The molecule has 1 aliphatic rings. The van der Waals surface area contributed by atoms with Crippen molar-refractivity contribution >= 4 is 23.4 Å². The minimum atomic E-state index is -0.944. The third-order valence-corrected chi connectivity index (χ3v) is 5.49. The quantitative estimate of drug-likeness (QED) is 0.773. The van der Waals surface area contributed by atoms with E-state index in [2.05, 4.69) is 4.98 Å². The first-order valence-electron chi connectivity index (χ1n) is 9.51. The van der Waals surface area contributed by atoms with Crippen LogP contribution in [0.4, 0.5) is 9.18 Å². The van der Waals surface area contributed by atoms with Gasteiger partial charge in [-0.3, -0.25) is 4.79 Å². The molecule has 1 aromatic heterocycles. The molecule has 1 aromatic carbocycles. The number of hydrogen-bond acceptors (Lipinski definition) is 5. The van der Waals surface area contributed by atoms with Crippen LogP contribution in [0.3, 0.4) is 0 Å². The van der Waals surface area contributed by atoms with Crippen molar-refractivity contribution in [1.82, 2.24) is 9.88 Å². The van der Waals surface area contributed by atoms with Crippen molar-refractivity contribution in [2.75, 3.05) is 13.1 Å². The van der Waals surface area contributed by atoms with E-state index in [-0.39, 0.29) is 12.3 Å². The number of carboxylic acids is 1. The van der Waals surface area contributed by atoms with Gasteiger partial charge in [0.25, 0.3) is 0 Å². The molecule has 2 heterocycles. The van der Waals surface area contributed by atoms with Crippen LogP contribution >= 0.6 is 11.3 Å². The standard InChI is InChI=1S/C21H25FN2O4S/c1-21(2,3)28-20(27)24-5-4-14(10-24)17(19(25)26)8-13-6-15(9-16(22)7-13)18-11-29-12-23-18/h6-7,9,11-12,14,17H,4-5,8,10H2,1-3H3,(H,25,26)/t14-,17-/m0/s1. The number of aliphatic carboxylic acids is 1. The number of rotatable bonds is 5. The second-order valence-corrected chi connectivity index (χ2v) is 9.06. The smallest absolute Gasteiger partial charge is 0.410 e. The summed E-state index contributed by atoms with van der Waals surface area (Å²) in [7, 11) is 0. The molecular weight excluding hydrogens is 395 g/mol. The number of carboxylic acid groups (broad SMARTS) is 1. The van der Waals surface area contributed by atoms with Gasteiger partial charge in [0.1, 0.15) is 11.4 Å². The number of thiazole rings is 1. The van der Waals surface area contributed by atoms with Gasteiger partial charge in [-0.1, -0.05) is 0 Å². The maximum Gasteiger partial charge on any atom is 0.410 e. The van der Waals surface area contributed by atoms with E-state index in [1.807, 2.05) is 5.38 Å². The van der Waals surface area contributed by atoms with Crippen molar-refractivity contribution in [3.8, 4) is 11.3 Å². The summed E-state index contributed by atoms with van der Waals surface area (Å²) in [6.07, 6.45) is 0.336. The lowest BCUT2D eigenvalue weighted by Crippen LogP contribution is -2.36. The molecule has 0 saturated carbocycles. The predicted octanol–water partition coefficient (Wildman–Crippen LogP) is 4.45. The molecule has 1 amide bonds. The van der Waals surface area contributed by atoms with Crippen LogP contribution in [0.5, 0.6) is 0 Å². The molecule has 0 aliphatic carbocycles. The summed E-state index contributed by atoms with van der Waals surface area (Å²) >= 11 is 1.42. The second kappa shape index (κ2) is 8.49. The van der Waals surface area contributed by atoms with Crippen LogP contribution in [-0.2, 0) is 16.0 Å². The average molecular weight is 421 g/mol. The lowest BCUT2D eigenvalue weighted by atomic mass is 9.85. The van der Waals surface area contributed by atoms with E-state index in [4.69, 9.17) is 4.74 Å². The highest BCUT2D eigenvalue weighted by Crippen LogP contribution is 2.30.